The summed E-state index contributed by atoms with van der Waals surface area (Å²) in [6, 6.07) is 6.04. The molecular formula is C14H20N2O2. The summed E-state index contributed by atoms with van der Waals surface area (Å²) in [5.74, 6) is 1.12. The predicted octanol–water partition coefficient (Wildman–Crippen LogP) is 0.842. The van der Waals surface area contributed by atoms with Gasteiger partial charge in [-0.15, -0.1) is 0 Å². The second-order valence-corrected chi connectivity index (χ2v) is 4.64. The van der Waals surface area contributed by atoms with Gasteiger partial charge in [-0.1, -0.05) is 12.1 Å². The maximum Gasteiger partial charge on any atom is 0.226 e. The van der Waals surface area contributed by atoms with Gasteiger partial charge in [-0.05, 0) is 24.2 Å². The number of ether oxygens (including phenoxy) is 1. The van der Waals surface area contributed by atoms with Crippen molar-refractivity contribution in [2.24, 2.45) is 0 Å². The molecule has 4 heteroatoms. The van der Waals surface area contributed by atoms with E-state index in [-0.39, 0.29) is 5.91 Å². The normalized spacial score (nSPS) is 13.0. The Kier molecular flexibility index (Phi) is 4.20. The topological polar surface area (TPSA) is 41.6 Å². The molecule has 0 fully saturated rings. The van der Waals surface area contributed by atoms with Gasteiger partial charge in [0.05, 0.1) is 13.0 Å². The lowest BCUT2D eigenvalue weighted by Gasteiger charge is -2.17. The van der Waals surface area contributed by atoms with Gasteiger partial charge in [0.1, 0.15) is 5.75 Å². The molecule has 0 saturated carbocycles. The van der Waals surface area contributed by atoms with Gasteiger partial charge in [0.15, 0.2) is 0 Å². The zero-order valence-corrected chi connectivity index (χ0v) is 11.0. The summed E-state index contributed by atoms with van der Waals surface area (Å²) in [6.45, 7) is 2.32. The van der Waals surface area contributed by atoms with Crippen LogP contribution in [0.4, 0.5) is 0 Å². The number of hydrogen-bond donors (Lipinski definition) is 1. The third kappa shape index (κ3) is 3.01. The van der Waals surface area contributed by atoms with Crippen LogP contribution >= 0.6 is 0 Å². The molecule has 0 aliphatic carbocycles. The summed E-state index contributed by atoms with van der Waals surface area (Å²) < 4.78 is 5.46. The molecule has 1 amide bonds. The van der Waals surface area contributed by atoms with Gasteiger partial charge in [-0.3, -0.25) is 4.79 Å². The van der Waals surface area contributed by atoms with Crippen molar-refractivity contribution in [1.82, 2.24) is 10.2 Å². The number of likely N-dealkylation sites (N-methyl/N-ethyl adjacent to an activating group) is 2. The fraction of sp³-hybridized carbons (Fsp3) is 0.500. The Morgan fingerprint density at radius 1 is 1.50 bits per heavy atom. The van der Waals surface area contributed by atoms with Crippen LogP contribution in [0.25, 0.3) is 0 Å². The number of fused-ring (bicyclic) bond motifs is 1. The quantitative estimate of drug-likeness (QED) is 0.839. The molecule has 98 valence electrons. The molecule has 1 aromatic carbocycles. The summed E-state index contributed by atoms with van der Waals surface area (Å²) >= 11 is 0. The second-order valence-electron chi connectivity index (χ2n) is 4.64. The Balaban J connectivity index is 1.94. The molecule has 4 nitrogen and oxygen atoms in total. The molecule has 1 aliphatic rings. The lowest BCUT2D eigenvalue weighted by atomic mass is 10.1. The van der Waals surface area contributed by atoms with E-state index in [0.717, 1.165) is 37.4 Å². The summed E-state index contributed by atoms with van der Waals surface area (Å²) in [5.41, 5.74) is 2.29. The first-order valence-electron chi connectivity index (χ1n) is 6.34. The van der Waals surface area contributed by atoms with Gasteiger partial charge in [-0.25, -0.2) is 0 Å². The van der Waals surface area contributed by atoms with Gasteiger partial charge >= 0.3 is 0 Å². The van der Waals surface area contributed by atoms with Gasteiger partial charge in [0, 0.05) is 26.6 Å². The number of carbonyl (C=O) groups is 1. The number of hydrogen-bond acceptors (Lipinski definition) is 3. The van der Waals surface area contributed by atoms with E-state index < -0.39 is 0 Å². The van der Waals surface area contributed by atoms with E-state index in [1.165, 1.54) is 5.56 Å². The maximum absolute atomic E-state index is 12.0. The highest BCUT2D eigenvalue weighted by atomic mass is 16.5. The molecule has 0 atom stereocenters. The number of benzene rings is 1. The highest BCUT2D eigenvalue weighted by Crippen LogP contribution is 2.26. The molecular weight excluding hydrogens is 228 g/mol. The van der Waals surface area contributed by atoms with Crippen molar-refractivity contribution in [3.63, 3.8) is 0 Å². The van der Waals surface area contributed by atoms with E-state index in [0.29, 0.717) is 6.42 Å². The monoisotopic (exact) mass is 248 g/mol. The average molecular weight is 248 g/mol. The van der Waals surface area contributed by atoms with Crippen molar-refractivity contribution in [2.75, 3.05) is 33.8 Å². The molecule has 0 aromatic heterocycles. The van der Waals surface area contributed by atoms with E-state index in [4.69, 9.17) is 4.74 Å². The van der Waals surface area contributed by atoms with Crippen LogP contribution in [0.5, 0.6) is 5.75 Å². The summed E-state index contributed by atoms with van der Waals surface area (Å²) in [4.78, 5) is 13.7. The summed E-state index contributed by atoms with van der Waals surface area (Å²) in [5, 5.41) is 3.04. The van der Waals surface area contributed by atoms with Crippen LogP contribution in [0.3, 0.4) is 0 Å². The first-order valence-corrected chi connectivity index (χ1v) is 6.34. The fourth-order valence-electron chi connectivity index (χ4n) is 2.06. The van der Waals surface area contributed by atoms with Crippen molar-refractivity contribution < 1.29 is 9.53 Å². The molecule has 1 aromatic rings. The molecule has 0 radical (unpaired) electrons. The van der Waals surface area contributed by atoms with Crippen LogP contribution in [-0.2, 0) is 17.6 Å². The minimum atomic E-state index is 0.157. The fourth-order valence-corrected chi connectivity index (χ4v) is 2.06. The third-order valence-electron chi connectivity index (χ3n) is 3.23. The van der Waals surface area contributed by atoms with E-state index in [2.05, 4.69) is 11.4 Å². The van der Waals surface area contributed by atoms with Gasteiger partial charge in [0.25, 0.3) is 0 Å². The Bertz CT molecular complexity index is 432. The van der Waals surface area contributed by atoms with Crippen LogP contribution < -0.4 is 10.1 Å². The molecule has 0 spiro atoms. The minimum Gasteiger partial charge on any atom is -0.493 e. The molecule has 2 rings (SSSR count). The maximum atomic E-state index is 12.0. The lowest BCUT2D eigenvalue weighted by Crippen LogP contribution is -2.33. The molecule has 1 N–H and O–H groups in total. The zero-order chi connectivity index (χ0) is 13.0. The van der Waals surface area contributed by atoms with Gasteiger partial charge < -0.3 is 15.0 Å². The second kappa shape index (κ2) is 5.87. The van der Waals surface area contributed by atoms with E-state index in [1.54, 1.807) is 4.90 Å². The zero-order valence-electron chi connectivity index (χ0n) is 11.0. The Morgan fingerprint density at radius 3 is 3.11 bits per heavy atom. The smallest absolute Gasteiger partial charge is 0.226 e. The summed E-state index contributed by atoms with van der Waals surface area (Å²) in [7, 11) is 3.73. The first kappa shape index (κ1) is 12.9. The largest absolute Gasteiger partial charge is 0.493 e. The van der Waals surface area contributed by atoms with Crippen LogP contribution in [0.2, 0.25) is 0 Å². The molecule has 0 saturated heterocycles. The summed E-state index contributed by atoms with van der Waals surface area (Å²) in [6.07, 6.45) is 1.42. The van der Waals surface area contributed by atoms with Gasteiger partial charge in [0.2, 0.25) is 5.91 Å². The highest BCUT2D eigenvalue weighted by molar-refractivity contribution is 5.78. The minimum absolute atomic E-state index is 0.157. The third-order valence-corrected chi connectivity index (χ3v) is 3.23. The number of rotatable bonds is 5. The molecule has 0 bridgehead atoms. The van der Waals surface area contributed by atoms with Crippen LogP contribution in [0.15, 0.2) is 18.2 Å². The molecule has 0 unspecified atom stereocenters. The van der Waals surface area contributed by atoms with E-state index >= 15 is 0 Å². The van der Waals surface area contributed by atoms with Crippen molar-refractivity contribution in [3.05, 3.63) is 29.3 Å². The van der Waals surface area contributed by atoms with Crippen molar-refractivity contribution >= 4 is 5.91 Å². The van der Waals surface area contributed by atoms with Crippen molar-refractivity contribution in [1.29, 1.82) is 0 Å². The van der Waals surface area contributed by atoms with Crippen molar-refractivity contribution in [2.45, 2.75) is 12.8 Å². The number of amides is 1. The standard InChI is InChI=1S/C14H20N2O2/c1-15-6-7-16(2)14(17)10-11-3-4-13-12(9-11)5-8-18-13/h3-4,9,15H,5-8,10H2,1-2H3. The van der Waals surface area contributed by atoms with Gasteiger partial charge in [-0.2, -0.15) is 0 Å². The van der Waals surface area contributed by atoms with Crippen LogP contribution in [0.1, 0.15) is 11.1 Å². The Labute approximate surface area is 108 Å². The molecule has 18 heavy (non-hydrogen) atoms. The van der Waals surface area contributed by atoms with E-state index in [9.17, 15) is 4.79 Å². The van der Waals surface area contributed by atoms with E-state index in [1.807, 2.05) is 26.2 Å². The number of nitrogens with zero attached hydrogens (tertiary/aromatic N) is 1. The average Bonchev–Trinajstić information content (AvgIpc) is 2.83. The highest BCUT2D eigenvalue weighted by Gasteiger charge is 2.14. The predicted molar refractivity (Wildman–Crippen MR) is 70.9 cm³/mol. The number of carbonyl (C=O) groups excluding carboxylic acids is 1. The number of nitrogens with one attached hydrogen (secondary N) is 1. The van der Waals surface area contributed by atoms with Crippen molar-refractivity contribution in [3.8, 4) is 5.75 Å². The first-order chi connectivity index (χ1) is 8.70. The molecule has 1 heterocycles. The Hall–Kier alpha value is -1.55. The van der Waals surface area contributed by atoms with Crippen LogP contribution in [0, 0.1) is 0 Å². The SMILES string of the molecule is CNCCN(C)C(=O)Cc1ccc2c(c1)CCO2. The molecule has 1 aliphatic heterocycles. The lowest BCUT2D eigenvalue weighted by molar-refractivity contribution is -0.129. The Morgan fingerprint density at radius 2 is 2.33 bits per heavy atom. The van der Waals surface area contributed by atoms with Crippen LogP contribution in [-0.4, -0.2) is 44.6 Å².